The molecule has 0 aliphatic rings. The van der Waals surface area contributed by atoms with E-state index in [9.17, 15) is 9.18 Å². The molecule has 0 aromatic heterocycles. The fourth-order valence-corrected chi connectivity index (χ4v) is 2.62. The molecule has 0 fully saturated rings. The Kier molecular flexibility index (Phi) is 5.74. The Morgan fingerprint density at radius 2 is 1.87 bits per heavy atom. The van der Waals surface area contributed by atoms with E-state index in [-0.39, 0.29) is 17.6 Å². The summed E-state index contributed by atoms with van der Waals surface area (Å²) < 4.78 is 13.7. The number of anilines is 1. The van der Waals surface area contributed by atoms with Gasteiger partial charge in [-0.3, -0.25) is 10.1 Å². The molecule has 0 spiro atoms. The van der Waals surface area contributed by atoms with Gasteiger partial charge in [0.2, 0.25) is 5.91 Å². The van der Waals surface area contributed by atoms with Gasteiger partial charge >= 0.3 is 0 Å². The summed E-state index contributed by atoms with van der Waals surface area (Å²) in [5.74, 6) is -0.825. The average molecular weight is 335 g/mol. The van der Waals surface area contributed by atoms with E-state index in [1.54, 1.807) is 6.92 Å². The highest BCUT2D eigenvalue weighted by Crippen LogP contribution is 2.20. The van der Waals surface area contributed by atoms with Crippen LogP contribution in [-0.4, -0.2) is 11.9 Å². The van der Waals surface area contributed by atoms with Crippen LogP contribution < -0.4 is 10.6 Å². The van der Waals surface area contributed by atoms with Gasteiger partial charge in [0.15, 0.2) is 0 Å². The van der Waals surface area contributed by atoms with E-state index in [0.717, 1.165) is 11.1 Å². The van der Waals surface area contributed by atoms with Gasteiger partial charge in [-0.15, -0.1) is 0 Å². The lowest BCUT2D eigenvalue weighted by molar-refractivity contribution is -0.118. The van der Waals surface area contributed by atoms with Crippen LogP contribution in [0.2, 0.25) is 5.02 Å². The number of carbonyl (C=O) groups is 1. The highest BCUT2D eigenvalue weighted by atomic mass is 35.5. The first-order chi connectivity index (χ1) is 10.9. The van der Waals surface area contributed by atoms with Crippen LogP contribution in [0.1, 0.15) is 31.0 Å². The molecule has 0 bridgehead atoms. The Labute approximate surface area is 140 Å². The van der Waals surface area contributed by atoms with E-state index in [1.165, 1.54) is 18.2 Å². The van der Waals surface area contributed by atoms with E-state index in [2.05, 4.69) is 10.6 Å². The molecule has 2 N–H and O–H groups in total. The summed E-state index contributed by atoms with van der Waals surface area (Å²) in [7, 11) is 0. The van der Waals surface area contributed by atoms with Crippen LogP contribution >= 0.6 is 11.6 Å². The summed E-state index contributed by atoms with van der Waals surface area (Å²) in [5, 5.41) is 6.16. The predicted molar refractivity (Wildman–Crippen MR) is 92.2 cm³/mol. The zero-order valence-corrected chi connectivity index (χ0v) is 14.1. The first-order valence-corrected chi connectivity index (χ1v) is 7.83. The molecule has 3 nitrogen and oxygen atoms in total. The third kappa shape index (κ3) is 4.53. The number of hydrogen-bond donors (Lipinski definition) is 2. The fourth-order valence-electron chi connectivity index (χ4n) is 2.45. The molecule has 122 valence electrons. The molecular weight excluding hydrogens is 315 g/mol. The Morgan fingerprint density at radius 1 is 1.17 bits per heavy atom. The van der Waals surface area contributed by atoms with Crippen LogP contribution in [0.3, 0.4) is 0 Å². The average Bonchev–Trinajstić information content (AvgIpc) is 2.51. The molecule has 0 saturated carbocycles. The molecule has 2 atom stereocenters. The second kappa shape index (κ2) is 7.57. The molecule has 0 heterocycles. The first-order valence-electron chi connectivity index (χ1n) is 7.46. The van der Waals surface area contributed by atoms with Crippen molar-refractivity contribution < 1.29 is 9.18 Å². The number of aryl methyl sites for hydroxylation is 1. The first kappa shape index (κ1) is 17.4. The minimum absolute atomic E-state index is 0.00107. The van der Waals surface area contributed by atoms with Crippen molar-refractivity contribution in [1.82, 2.24) is 5.32 Å². The number of benzene rings is 2. The van der Waals surface area contributed by atoms with Gasteiger partial charge < -0.3 is 5.32 Å². The maximum Gasteiger partial charge on any atom is 0.241 e. The summed E-state index contributed by atoms with van der Waals surface area (Å²) in [6.45, 7) is 5.76. The van der Waals surface area contributed by atoms with Crippen molar-refractivity contribution in [1.29, 1.82) is 0 Å². The van der Waals surface area contributed by atoms with Crippen LogP contribution in [0.5, 0.6) is 0 Å². The van der Waals surface area contributed by atoms with Crippen LogP contribution in [0, 0.1) is 12.7 Å². The highest BCUT2D eigenvalue weighted by molar-refractivity contribution is 6.30. The fraction of sp³-hybridized carbons (Fsp3) is 0.278. The second-order valence-corrected chi connectivity index (χ2v) is 6.02. The Morgan fingerprint density at radius 3 is 2.57 bits per heavy atom. The van der Waals surface area contributed by atoms with Crippen molar-refractivity contribution in [2.45, 2.75) is 32.9 Å². The molecular formula is C18H20ClFN2O. The van der Waals surface area contributed by atoms with E-state index >= 15 is 0 Å². The Hall–Kier alpha value is -1.91. The normalized spacial score (nSPS) is 13.4. The van der Waals surface area contributed by atoms with Gasteiger partial charge in [0.05, 0.1) is 11.7 Å². The van der Waals surface area contributed by atoms with Gasteiger partial charge in [0.25, 0.3) is 0 Å². The molecule has 5 heteroatoms. The molecule has 2 rings (SSSR count). The third-order valence-corrected chi connectivity index (χ3v) is 3.97. The van der Waals surface area contributed by atoms with Crippen LogP contribution in [0.15, 0.2) is 42.5 Å². The van der Waals surface area contributed by atoms with Crippen molar-refractivity contribution >= 4 is 23.2 Å². The topological polar surface area (TPSA) is 41.1 Å². The van der Waals surface area contributed by atoms with Crippen LogP contribution in [0.25, 0.3) is 0 Å². The number of nitrogens with one attached hydrogen (secondary N) is 2. The van der Waals surface area contributed by atoms with Crippen molar-refractivity contribution in [3.8, 4) is 0 Å². The molecule has 0 aliphatic heterocycles. The van der Waals surface area contributed by atoms with Gasteiger partial charge in [0.1, 0.15) is 5.82 Å². The maximum atomic E-state index is 13.7. The second-order valence-electron chi connectivity index (χ2n) is 5.58. The van der Waals surface area contributed by atoms with Gasteiger partial charge in [-0.05, 0) is 50.1 Å². The number of amides is 1. The number of halogens is 2. The third-order valence-electron chi connectivity index (χ3n) is 3.73. The Balaban J connectivity index is 2.02. The highest BCUT2D eigenvalue weighted by Gasteiger charge is 2.18. The monoisotopic (exact) mass is 334 g/mol. The Bertz CT molecular complexity index is 705. The zero-order valence-electron chi connectivity index (χ0n) is 13.4. The van der Waals surface area contributed by atoms with Crippen LogP contribution in [-0.2, 0) is 4.79 Å². The van der Waals surface area contributed by atoms with Crippen molar-refractivity contribution in [2.75, 3.05) is 5.32 Å². The van der Waals surface area contributed by atoms with Gasteiger partial charge in [-0.2, -0.15) is 0 Å². The smallest absolute Gasteiger partial charge is 0.241 e. The predicted octanol–water partition coefficient (Wildman–Crippen LogP) is 4.47. The lowest BCUT2D eigenvalue weighted by Gasteiger charge is -2.21. The minimum atomic E-state index is -0.512. The van der Waals surface area contributed by atoms with E-state index in [4.69, 9.17) is 11.6 Å². The van der Waals surface area contributed by atoms with Crippen LogP contribution in [0.4, 0.5) is 10.1 Å². The van der Waals surface area contributed by atoms with Gasteiger partial charge in [0, 0.05) is 11.1 Å². The number of hydrogen-bond acceptors (Lipinski definition) is 2. The summed E-state index contributed by atoms with van der Waals surface area (Å²) in [6.07, 6.45) is 0. The van der Waals surface area contributed by atoms with E-state index < -0.39 is 11.9 Å². The summed E-state index contributed by atoms with van der Waals surface area (Å²) >= 11 is 5.83. The molecule has 1 amide bonds. The number of rotatable bonds is 5. The SMILES string of the molecule is Cc1ccccc1C(C)NC(C)C(=O)Nc1cc(Cl)ccc1F. The molecule has 23 heavy (non-hydrogen) atoms. The van der Waals surface area contributed by atoms with Crippen molar-refractivity contribution in [3.63, 3.8) is 0 Å². The zero-order chi connectivity index (χ0) is 17.0. The quantitative estimate of drug-likeness (QED) is 0.847. The van der Waals surface area contributed by atoms with E-state index in [0.29, 0.717) is 5.02 Å². The molecule has 2 aromatic rings. The van der Waals surface area contributed by atoms with Gasteiger partial charge in [-0.1, -0.05) is 35.9 Å². The summed E-state index contributed by atoms with van der Waals surface area (Å²) in [4.78, 5) is 12.2. The van der Waals surface area contributed by atoms with E-state index in [1.807, 2.05) is 38.1 Å². The molecule has 0 radical (unpaired) electrons. The summed E-state index contributed by atoms with van der Waals surface area (Å²) in [5.41, 5.74) is 2.36. The van der Waals surface area contributed by atoms with Crippen molar-refractivity contribution in [2.24, 2.45) is 0 Å². The minimum Gasteiger partial charge on any atom is -0.322 e. The summed E-state index contributed by atoms with van der Waals surface area (Å²) in [6, 6.07) is 11.6. The molecule has 0 saturated heterocycles. The van der Waals surface area contributed by atoms with Gasteiger partial charge in [-0.25, -0.2) is 4.39 Å². The lowest BCUT2D eigenvalue weighted by atomic mass is 10.0. The molecule has 2 unspecified atom stereocenters. The molecule has 2 aromatic carbocycles. The van der Waals surface area contributed by atoms with Crippen molar-refractivity contribution in [3.05, 3.63) is 64.4 Å². The maximum absolute atomic E-state index is 13.7. The standard InChI is InChI=1S/C18H20ClFN2O/c1-11-6-4-5-7-15(11)12(2)21-13(3)18(23)22-17-10-14(19)8-9-16(17)20/h4-10,12-13,21H,1-3H3,(H,22,23). The largest absolute Gasteiger partial charge is 0.322 e. The molecule has 0 aliphatic carbocycles. The lowest BCUT2D eigenvalue weighted by Crippen LogP contribution is -2.39. The number of carbonyl (C=O) groups excluding carboxylic acids is 1.